The van der Waals surface area contributed by atoms with E-state index in [1.807, 2.05) is 20.8 Å². The lowest BCUT2D eigenvalue weighted by molar-refractivity contribution is -0.322. The SMILES string of the molecule is CC(C)C(=O)OOC(C)(C)C. The van der Waals surface area contributed by atoms with Gasteiger partial charge < -0.3 is 0 Å². The lowest BCUT2D eigenvalue weighted by atomic mass is 10.2. The van der Waals surface area contributed by atoms with Gasteiger partial charge in [-0.2, -0.15) is 4.89 Å². The van der Waals surface area contributed by atoms with E-state index in [2.05, 4.69) is 4.89 Å². The molecule has 0 spiro atoms. The lowest BCUT2D eigenvalue weighted by Crippen LogP contribution is -2.23. The summed E-state index contributed by atoms with van der Waals surface area (Å²) in [5, 5.41) is 0. The van der Waals surface area contributed by atoms with Gasteiger partial charge in [-0.05, 0) is 20.8 Å². The number of carbonyl (C=O) groups is 1. The fourth-order valence-electron chi connectivity index (χ4n) is 0.262. The minimum absolute atomic E-state index is 0.141. The molecule has 3 nitrogen and oxygen atoms in total. The Labute approximate surface area is 67.6 Å². The molecule has 0 N–H and O–H groups in total. The van der Waals surface area contributed by atoms with E-state index < -0.39 is 5.60 Å². The summed E-state index contributed by atoms with van der Waals surface area (Å²) in [6.45, 7) is 8.98. The number of carbonyl (C=O) groups excluding carboxylic acids is 1. The van der Waals surface area contributed by atoms with Crippen LogP contribution in [-0.2, 0) is 14.6 Å². The molecule has 0 radical (unpaired) electrons. The Morgan fingerprint density at radius 3 is 2.00 bits per heavy atom. The van der Waals surface area contributed by atoms with Crippen LogP contribution in [0.25, 0.3) is 0 Å². The van der Waals surface area contributed by atoms with E-state index in [4.69, 9.17) is 4.89 Å². The van der Waals surface area contributed by atoms with E-state index in [0.29, 0.717) is 0 Å². The Hall–Kier alpha value is -0.570. The second-order valence-corrected chi connectivity index (χ2v) is 3.75. The van der Waals surface area contributed by atoms with Crippen LogP contribution >= 0.6 is 0 Å². The number of hydrogen-bond acceptors (Lipinski definition) is 3. The van der Waals surface area contributed by atoms with Crippen molar-refractivity contribution in [1.82, 2.24) is 0 Å². The number of hydrogen-bond donors (Lipinski definition) is 0. The Kier molecular flexibility index (Phi) is 3.52. The van der Waals surface area contributed by atoms with E-state index in [1.54, 1.807) is 13.8 Å². The third-order valence-electron chi connectivity index (χ3n) is 0.845. The zero-order valence-corrected chi connectivity index (χ0v) is 7.80. The molecule has 0 aromatic heterocycles. The summed E-state index contributed by atoms with van der Waals surface area (Å²) >= 11 is 0. The maximum atomic E-state index is 10.8. The van der Waals surface area contributed by atoms with Gasteiger partial charge >= 0.3 is 5.97 Å². The largest absolute Gasteiger partial charge is 0.344 e. The first-order valence-electron chi connectivity index (χ1n) is 3.72. The maximum Gasteiger partial charge on any atom is 0.344 e. The van der Waals surface area contributed by atoms with Gasteiger partial charge in [0.2, 0.25) is 0 Å². The van der Waals surface area contributed by atoms with Crippen molar-refractivity contribution in [1.29, 1.82) is 0 Å². The van der Waals surface area contributed by atoms with Gasteiger partial charge in [0.05, 0.1) is 5.92 Å². The summed E-state index contributed by atoms with van der Waals surface area (Å²) in [5.41, 5.74) is -0.426. The van der Waals surface area contributed by atoms with Crippen molar-refractivity contribution in [3.05, 3.63) is 0 Å². The minimum Gasteiger partial charge on any atom is -0.298 e. The molecule has 0 atom stereocenters. The fraction of sp³-hybridized carbons (Fsp3) is 0.875. The van der Waals surface area contributed by atoms with Gasteiger partial charge in [0.1, 0.15) is 5.60 Å². The highest BCUT2D eigenvalue weighted by atomic mass is 17.2. The van der Waals surface area contributed by atoms with Gasteiger partial charge in [0.15, 0.2) is 0 Å². The molecule has 11 heavy (non-hydrogen) atoms. The van der Waals surface area contributed by atoms with Crippen molar-refractivity contribution in [2.45, 2.75) is 40.2 Å². The average Bonchev–Trinajstić information content (AvgIpc) is 1.80. The van der Waals surface area contributed by atoms with E-state index in [-0.39, 0.29) is 11.9 Å². The first-order valence-corrected chi connectivity index (χ1v) is 3.72. The molecule has 0 aliphatic rings. The van der Waals surface area contributed by atoms with Gasteiger partial charge in [-0.15, -0.1) is 0 Å². The highest BCUT2D eigenvalue weighted by Gasteiger charge is 2.16. The minimum atomic E-state index is -0.426. The molecule has 0 aromatic rings. The Bertz CT molecular complexity index is 133. The summed E-state index contributed by atoms with van der Waals surface area (Å²) in [6.07, 6.45) is 0. The second-order valence-electron chi connectivity index (χ2n) is 3.75. The smallest absolute Gasteiger partial charge is 0.298 e. The zero-order chi connectivity index (χ0) is 9.07. The van der Waals surface area contributed by atoms with Crippen LogP contribution in [0.2, 0.25) is 0 Å². The summed E-state index contributed by atoms with van der Waals surface area (Å²) in [7, 11) is 0. The third kappa shape index (κ3) is 5.85. The fourth-order valence-corrected chi connectivity index (χ4v) is 0.262. The van der Waals surface area contributed by atoms with Crippen LogP contribution in [0, 0.1) is 5.92 Å². The van der Waals surface area contributed by atoms with Crippen molar-refractivity contribution < 1.29 is 14.6 Å². The highest BCUT2D eigenvalue weighted by Crippen LogP contribution is 2.08. The van der Waals surface area contributed by atoms with Gasteiger partial charge in [0, 0.05) is 0 Å². The van der Waals surface area contributed by atoms with Crippen molar-refractivity contribution in [3.63, 3.8) is 0 Å². The van der Waals surface area contributed by atoms with E-state index in [9.17, 15) is 4.79 Å². The Balaban J connectivity index is 3.64. The quantitative estimate of drug-likeness (QED) is 0.457. The van der Waals surface area contributed by atoms with Crippen molar-refractivity contribution >= 4 is 5.97 Å². The number of rotatable bonds is 2. The predicted octanol–water partition coefficient (Wildman–Crippen LogP) is 1.92. The molecule has 0 unspecified atom stereocenters. The molecule has 0 aromatic carbocycles. The topological polar surface area (TPSA) is 35.5 Å². The molecule has 0 saturated carbocycles. The normalized spacial score (nSPS) is 11.8. The van der Waals surface area contributed by atoms with Crippen LogP contribution in [0.3, 0.4) is 0 Å². The molecule has 0 fully saturated rings. The first-order chi connectivity index (χ1) is 4.83. The van der Waals surface area contributed by atoms with E-state index in [1.165, 1.54) is 0 Å². The predicted molar refractivity (Wildman–Crippen MR) is 41.8 cm³/mol. The molecule has 0 aliphatic heterocycles. The summed E-state index contributed by atoms with van der Waals surface area (Å²) in [6, 6.07) is 0. The van der Waals surface area contributed by atoms with Crippen LogP contribution in [-0.4, -0.2) is 11.6 Å². The van der Waals surface area contributed by atoms with Crippen LogP contribution in [0.4, 0.5) is 0 Å². The van der Waals surface area contributed by atoms with Crippen molar-refractivity contribution in [2.24, 2.45) is 5.92 Å². The van der Waals surface area contributed by atoms with Crippen LogP contribution in [0.5, 0.6) is 0 Å². The highest BCUT2D eigenvalue weighted by molar-refractivity contribution is 5.70. The summed E-state index contributed by atoms with van der Waals surface area (Å²) in [4.78, 5) is 20.2. The van der Waals surface area contributed by atoms with Crippen molar-refractivity contribution in [2.75, 3.05) is 0 Å². The zero-order valence-electron chi connectivity index (χ0n) is 7.80. The van der Waals surface area contributed by atoms with Crippen LogP contribution in [0.1, 0.15) is 34.6 Å². The average molecular weight is 160 g/mol. The van der Waals surface area contributed by atoms with E-state index >= 15 is 0 Å². The molecule has 3 heteroatoms. The van der Waals surface area contributed by atoms with E-state index in [0.717, 1.165) is 0 Å². The standard InChI is InChI=1S/C8H16O3/c1-6(2)7(9)10-11-8(3,4)5/h6H,1-5H3. The van der Waals surface area contributed by atoms with Crippen LogP contribution < -0.4 is 0 Å². The first kappa shape index (κ1) is 10.4. The Morgan fingerprint density at radius 1 is 1.27 bits per heavy atom. The molecule has 0 bridgehead atoms. The molecular formula is C8H16O3. The van der Waals surface area contributed by atoms with Crippen LogP contribution in [0.15, 0.2) is 0 Å². The third-order valence-corrected chi connectivity index (χ3v) is 0.845. The summed E-state index contributed by atoms with van der Waals surface area (Å²) < 4.78 is 0. The van der Waals surface area contributed by atoms with Gasteiger partial charge in [-0.25, -0.2) is 4.79 Å². The molecule has 0 saturated heterocycles. The van der Waals surface area contributed by atoms with Gasteiger partial charge in [-0.1, -0.05) is 13.8 Å². The molecular weight excluding hydrogens is 144 g/mol. The van der Waals surface area contributed by atoms with Gasteiger partial charge in [-0.3, -0.25) is 4.89 Å². The monoisotopic (exact) mass is 160 g/mol. The molecule has 0 rings (SSSR count). The second kappa shape index (κ2) is 3.72. The van der Waals surface area contributed by atoms with Crippen molar-refractivity contribution in [3.8, 4) is 0 Å². The Morgan fingerprint density at radius 2 is 1.73 bits per heavy atom. The summed E-state index contributed by atoms with van der Waals surface area (Å²) in [5.74, 6) is -0.475. The lowest BCUT2D eigenvalue weighted by Gasteiger charge is -2.17. The molecule has 0 amide bonds. The molecule has 0 heterocycles. The maximum absolute atomic E-state index is 10.8. The van der Waals surface area contributed by atoms with Gasteiger partial charge in [0.25, 0.3) is 0 Å². The molecule has 0 aliphatic carbocycles. The molecule has 66 valence electrons.